The molecular formula is C36H35N5O. The summed E-state index contributed by atoms with van der Waals surface area (Å²) in [6, 6.07) is 26.7. The van der Waals surface area contributed by atoms with Gasteiger partial charge < -0.3 is 15.1 Å². The molecule has 1 aliphatic carbocycles. The first-order chi connectivity index (χ1) is 20.7. The lowest BCUT2D eigenvalue weighted by atomic mass is 9.88. The predicted molar refractivity (Wildman–Crippen MR) is 167 cm³/mol. The number of pyridine rings is 1. The highest BCUT2D eigenvalue weighted by Gasteiger charge is 2.28. The number of hydrogen-bond donors (Lipinski definition) is 1. The Balaban J connectivity index is 1.30. The van der Waals surface area contributed by atoms with Gasteiger partial charge in [-0.25, -0.2) is 4.98 Å². The van der Waals surface area contributed by atoms with Gasteiger partial charge in [0, 0.05) is 36.9 Å². The summed E-state index contributed by atoms with van der Waals surface area (Å²) in [6.07, 6.45) is 9.81. The van der Waals surface area contributed by atoms with Crippen LogP contribution in [0.4, 0.5) is 5.82 Å². The average Bonchev–Trinajstić information content (AvgIpc) is 3.73. The molecule has 7 rings (SSSR count). The summed E-state index contributed by atoms with van der Waals surface area (Å²) in [4.78, 5) is 23.8. The Bertz CT molecular complexity index is 1710. The fourth-order valence-electron chi connectivity index (χ4n) is 6.77. The minimum Gasteiger partial charge on any atom is -0.376 e. The molecule has 3 aliphatic rings. The maximum atomic E-state index is 14.4. The molecule has 6 heteroatoms. The molecule has 1 N–H and O–H groups in total. The van der Waals surface area contributed by atoms with Crippen LogP contribution in [-0.4, -0.2) is 40.3 Å². The zero-order valence-corrected chi connectivity index (χ0v) is 23.9. The number of hydrogen-bond acceptors (Lipinski definition) is 5. The number of benzene rings is 3. The molecule has 0 bridgehead atoms. The summed E-state index contributed by atoms with van der Waals surface area (Å²) in [7, 11) is 0. The van der Waals surface area contributed by atoms with E-state index in [1.165, 1.54) is 24.0 Å². The number of carbonyl (C=O) groups is 1. The maximum absolute atomic E-state index is 14.4. The van der Waals surface area contributed by atoms with Gasteiger partial charge in [0.25, 0.3) is 5.91 Å². The lowest BCUT2D eigenvalue weighted by Gasteiger charge is -2.27. The van der Waals surface area contributed by atoms with Crippen LogP contribution in [0.5, 0.6) is 0 Å². The minimum absolute atomic E-state index is 0.0365. The Morgan fingerprint density at radius 1 is 0.905 bits per heavy atom. The molecule has 3 heterocycles. The van der Waals surface area contributed by atoms with Crippen LogP contribution >= 0.6 is 0 Å². The third kappa shape index (κ3) is 5.12. The lowest BCUT2D eigenvalue weighted by molar-refractivity contribution is 0.0825. The van der Waals surface area contributed by atoms with E-state index in [0.29, 0.717) is 11.1 Å². The van der Waals surface area contributed by atoms with Gasteiger partial charge in [0.05, 0.1) is 28.8 Å². The zero-order chi connectivity index (χ0) is 28.5. The first-order valence-electron chi connectivity index (χ1n) is 15.2. The van der Waals surface area contributed by atoms with E-state index in [1.54, 1.807) is 0 Å². The third-order valence-electron chi connectivity index (χ3n) is 8.96. The summed E-state index contributed by atoms with van der Waals surface area (Å²) in [6.45, 7) is 2.86. The molecule has 1 amide bonds. The van der Waals surface area contributed by atoms with E-state index in [1.807, 2.05) is 41.3 Å². The normalized spacial score (nSPS) is 19.2. The minimum atomic E-state index is 0.0365. The predicted octanol–water partition coefficient (Wildman–Crippen LogP) is 7.44. The third-order valence-corrected chi connectivity index (χ3v) is 8.96. The van der Waals surface area contributed by atoms with E-state index in [0.717, 1.165) is 85.3 Å². The van der Waals surface area contributed by atoms with Gasteiger partial charge in [0.2, 0.25) is 0 Å². The number of allylic oxidation sites excluding steroid dienone is 1. The van der Waals surface area contributed by atoms with Crippen molar-refractivity contribution in [2.45, 2.75) is 51.0 Å². The van der Waals surface area contributed by atoms with Gasteiger partial charge in [-0.2, -0.15) is 5.26 Å². The number of aryl methyl sites for hydroxylation is 1. The van der Waals surface area contributed by atoms with Crippen LogP contribution in [0.3, 0.4) is 0 Å². The monoisotopic (exact) mass is 553 g/mol. The summed E-state index contributed by atoms with van der Waals surface area (Å²) in [5, 5.41) is 13.8. The maximum Gasteiger partial charge on any atom is 0.258 e. The van der Waals surface area contributed by atoms with Crippen molar-refractivity contribution in [3.8, 4) is 17.2 Å². The molecule has 6 nitrogen and oxygen atoms in total. The van der Waals surface area contributed by atoms with E-state index in [4.69, 9.17) is 4.98 Å². The van der Waals surface area contributed by atoms with Crippen LogP contribution in [0.1, 0.15) is 71.6 Å². The molecule has 2 saturated heterocycles. The van der Waals surface area contributed by atoms with Crippen molar-refractivity contribution < 1.29 is 4.79 Å². The first kappa shape index (κ1) is 26.3. The van der Waals surface area contributed by atoms with Gasteiger partial charge in [-0.15, -0.1) is 0 Å². The van der Waals surface area contributed by atoms with Gasteiger partial charge in [0.15, 0.2) is 0 Å². The molecule has 4 aromatic rings. The number of rotatable bonds is 5. The standard InChI is InChI=1S/C36H35N5O/c37-23-25-12-14-26(15-13-25)28-16-17-34-31(21-28)32(36(42)41-20-6-9-29(41)24-40-18-3-4-19-40)22-35(39-34)38-33-11-5-8-27-7-1-2-10-30(27)33/h1-2,7,10,12-17,21-22,24,33H,3-6,8-9,11,18-20H2,(H,38,39)/b29-24+/t33-/m1/s1. The van der Waals surface area contributed by atoms with Gasteiger partial charge in [0.1, 0.15) is 5.82 Å². The molecule has 0 unspecified atom stereocenters. The Morgan fingerprint density at radius 3 is 2.55 bits per heavy atom. The highest BCUT2D eigenvalue weighted by molar-refractivity contribution is 6.08. The van der Waals surface area contributed by atoms with Crippen LogP contribution in [0.25, 0.3) is 22.0 Å². The van der Waals surface area contributed by atoms with Crippen LogP contribution in [0.2, 0.25) is 0 Å². The quantitative estimate of drug-likeness (QED) is 0.278. The molecule has 0 radical (unpaired) electrons. The van der Waals surface area contributed by atoms with Crippen LogP contribution in [0, 0.1) is 11.3 Å². The second-order valence-electron chi connectivity index (χ2n) is 11.7. The fourth-order valence-corrected chi connectivity index (χ4v) is 6.77. The molecule has 210 valence electrons. The van der Waals surface area contributed by atoms with Crippen LogP contribution in [0.15, 0.2) is 84.7 Å². The Morgan fingerprint density at radius 2 is 1.71 bits per heavy atom. The van der Waals surface area contributed by atoms with Gasteiger partial charge in [-0.3, -0.25) is 4.79 Å². The summed E-state index contributed by atoms with van der Waals surface area (Å²) < 4.78 is 0. The molecule has 0 saturated carbocycles. The van der Waals surface area contributed by atoms with Crippen molar-refractivity contribution in [3.05, 3.63) is 107 Å². The van der Waals surface area contributed by atoms with Crippen LogP contribution < -0.4 is 5.32 Å². The van der Waals surface area contributed by atoms with Crippen molar-refractivity contribution in [2.75, 3.05) is 25.0 Å². The molecule has 1 atom stereocenters. The molecule has 2 fully saturated rings. The topological polar surface area (TPSA) is 72.3 Å². The van der Waals surface area contributed by atoms with Crippen molar-refractivity contribution in [2.24, 2.45) is 0 Å². The molecule has 42 heavy (non-hydrogen) atoms. The number of nitriles is 1. The number of amides is 1. The average molecular weight is 554 g/mol. The molecule has 2 aliphatic heterocycles. The number of nitrogens with zero attached hydrogens (tertiary/aromatic N) is 4. The van der Waals surface area contributed by atoms with Gasteiger partial charge in [-0.1, -0.05) is 42.5 Å². The van der Waals surface area contributed by atoms with Crippen molar-refractivity contribution in [1.82, 2.24) is 14.8 Å². The largest absolute Gasteiger partial charge is 0.376 e. The Labute approximate surface area is 247 Å². The number of likely N-dealkylation sites (tertiary alicyclic amines) is 2. The SMILES string of the molecule is N#Cc1ccc(-c2ccc3nc(N[C@@H]4CCCc5ccccc54)cc(C(=O)N4CCC/C4=C\N4CCCC4)c3c2)cc1. The highest BCUT2D eigenvalue weighted by atomic mass is 16.2. The number of nitrogens with one attached hydrogen (secondary N) is 1. The molecular weight excluding hydrogens is 518 g/mol. The van der Waals surface area contributed by atoms with Crippen molar-refractivity contribution in [3.63, 3.8) is 0 Å². The number of fused-ring (bicyclic) bond motifs is 2. The number of aromatic nitrogens is 1. The second-order valence-corrected chi connectivity index (χ2v) is 11.7. The van der Waals surface area contributed by atoms with E-state index in [2.05, 4.69) is 58.9 Å². The lowest BCUT2D eigenvalue weighted by Crippen LogP contribution is -2.28. The summed E-state index contributed by atoms with van der Waals surface area (Å²) in [5.74, 6) is 0.775. The van der Waals surface area contributed by atoms with Gasteiger partial charge in [-0.05, 0) is 97.5 Å². The number of carbonyl (C=O) groups excluding carboxylic acids is 1. The van der Waals surface area contributed by atoms with E-state index < -0.39 is 0 Å². The second kappa shape index (κ2) is 11.3. The van der Waals surface area contributed by atoms with E-state index in [9.17, 15) is 10.1 Å². The fraction of sp³-hybridized carbons (Fsp3) is 0.306. The summed E-state index contributed by atoms with van der Waals surface area (Å²) in [5.41, 5.74) is 7.94. The van der Waals surface area contributed by atoms with E-state index in [-0.39, 0.29) is 11.9 Å². The van der Waals surface area contributed by atoms with Crippen molar-refractivity contribution >= 4 is 22.6 Å². The highest BCUT2D eigenvalue weighted by Crippen LogP contribution is 2.35. The number of anilines is 1. The smallest absolute Gasteiger partial charge is 0.258 e. The first-order valence-corrected chi connectivity index (χ1v) is 15.2. The van der Waals surface area contributed by atoms with Gasteiger partial charge >= 0.3 is 0 Å². The molecule has 3 aromatic carbocycles. The molecule has 0 spiro atoms. The Hall–Kier alpha value is -4.63. The Kier molecular flexibility index (Phi) is 7.09. The van der Waals surface area contributed by atoms with Crippen LogP contribution in [-0.2, 0) is 6.42 Å². The summed E-state index contributed by atoms with van der Waals surface area (Å²) >= 11 is 0. The van der Waals surface area contributed by atoms with E-state index >= 15 is 0 Å². The van der Waals surface area contributed by atoms with Crippen molar-refractivity contribution in [1.29, 1.82) is 5.26 Å². The zero-order valence-electron chi connectivity index (χ0n) is 23.9. The molecule has 1 aromatic heterocycles.